The molecule has 0 aliphatic heterocycles. The van der Waals surface area contributed by atoms with Gasteiger partial charge in [0.25, 0.3) is 0 Å². The normalized spacial score (nSPS) is 23.4. The molecule has 3 atom stereocenters. The molecule has 1 N–H and O–H groups in total. The molecule has 0 spiro atoms. The van der Waals surface area contributed by atoms with Gasteiger partial charge in [-0.15, -0.1) is 0 Å². The van der Waals surface area contributed by atoms with Gasteiger partial charge in [-0.1, -0.05) is 75.2 Å². The van der Waals surface area contributed by atoms with E-state index in [9.17, 15) is 4.79 Å². The summed E-state index contributed by atoms with van der Waals surface area (Å²) in [7, 11) is 1.55. The number of hydrogen-bond acceptors (Lipinski definition) is 3. The van der Waals surface area contributed by atoms with Crippen molar-refractivity contribution in [2.24, 2.45) is 5.41 Å². The van der Waals surface area contributed by atoms with E-state index in [0.717, 1.165) is 38.0 Å². The molecule has 2 aliphatic rings. The molecule has 4 aromatic rings. The van der Waals surface area contributed by atoms with E-state index in [1.807, 2.05) is 0 Å². The predicted octanol–water partition coefficient (Wildman–Crippen LogP) is 8.57. The van der Waals surface area contributed by atoms with Crippen molar-refractivity contribution in [3.8, 4) is 11.3 Å². The van der Waals surface area contributed by atoms with Crippen LogP contribution in [0.2, 0.25) is 0 Å². The van der Waals surface area contributed by atoms with E-state index in [4.69, 9.17) is 4.74 Å². The molecule has 0 saturated heterocycles. The summed E-state index contributed by atoms with van der Waals surface area (Å²) in [6.07, 6.45) is 2.91. The fraction of sp³-hybridized carbons (Fsp3) is 0.417. The van der Waals surface area contributed by atoms with Crippen molar-refractivity contribution in [1.29, 1.82) is 0 Å². The number of fused-ring (bicyclic) bond motifs is 8. The monoisotopic (exact) mass is 534 g/mol. The summed E-state index contributed by atoms with van der Waals surface area (Å²) in [6, 6.07) is 24.5. The Hall–Kier alpha value is -3.53. The predicted molar refractivity (Wildman–Crippen MR) is 165 cm³/mol. The number of methoxy groups -OCH3 is 1. The van der Waals surface area contributed by atoms with Crippen molar-refractivity contribution in [3.05, 3.63) is 89.0 Å². The molecule has 3 aromatic carbocycles. The maximum atomic E-state index is 13.6. The second-order valence-electron chi connectivity index (χ2n) is 12.8. The van der Waals surface area contributed by atoms with E-state index in [1.54, 1.807) is 7.11 Å². The third kappa shape index (κ3) is 3.98. The van der Waals surface area contributed by atoms with Gasteiger partial charge < -0.3 is 14.6 Å². The third-order valence-electron chi connectivity index (χ3n) is 9.91. The minimum Gasteiger partial charge on any atom is -0.469 e. The van der Waals surface area contributed by atoms with Crippen LogP contribution in [0.4, 0.5) is 5.69 Å². The van der Waals surface area contributed by atoms with E-state index < -0.39 is 5.41 Å². The van der Waals surface area contributed by atoms with Crippen LogP contribution in [0.5, 0.6) is 0 Å². The van der Waals surface area contributed by atoms with Crippen molar-refractivity contribution in [1.82, 2.24) is 4.57 Å². The number of nitrogens with one attached hydrogen (secondary N) is 1. The second kappa shape index (κ2) is 9.83. The summed E-state index contributed by atoms with van der Waals surface area (Å²) in [4.78, 5) is 13.6. The van der Waals surface area contributed by atoms with E-state index in [1.165, 1.54) is 44.4 Å². The number of rotatable bonds is 6. The average Bonchev–Trinajstić information content (AvgIpc) is 3.27. The largest absolute Gasteiger partial charge is 0.469 e. The molecular weight excluding hydrogens is 492 g/mol. The summed E-state index contributed by atoms with van der Waals surface area (Å²) in [5.74, 6) is 0.381. The van der Waals surface area contributed by atoms with Crippen molar-refractivity contribution < 1.29 is 9.53 Å². The smallest absolute Gasteiger partial charge is 0.312 e. The van der Waals surface area contributed by atoms with Crippen molar-refractivity contribution in [2.75, 3.05) is 19.0 Å². The molecule has 4 nitrogen and oxygen atoms in total. The number of para-hydroxylation sites is 1. The standard InChI is InChI=1S/C36H42N2O2/c1-23(2)25-14-17-29-28(22-25)32-31(33-35(29,4)18-9-19-36(33,5)34(39)40-6)27-10-7-8-11-30(27)38(32)21-20-37-26-15-12-24(3)13-16-26/h7-8,10-17,22-23,33,37H,9,18-21H2,1-6H3/t33-,35-,36-/m1/s1. The van der Waals surface area contributed by atoms with Crippen molar-refractivity contribution >= 4 is 22.6 Å². The number of aromatic nitrogens is 1. The topological polar surface area (TPSA) is 43.3 Å². The highest BCUT2D eigenvalue weighted by Crippen LogP contribution is 2.65. The Bertz CT molecular complexity index is 1580. The number of aryl methyl sites for hydroxylation is 1. The SMILES string of the molecule is COC(=O)[C@]1(C)CCC[C@]2(C)c3ccc(C(C)C)cc3-c3c(c4ccccc4n3CCNc3ccc(C)cc3)[C@@H]12. The van der Waals surface area contributed by atoms with Crippen molar-refractivity contribution in [3.63, 3.8) is 0 Å². The molecular formula is C36H42N2O2. The summed E-state index contributed by atoms with van der Waals surface area (Å²) < 4.78 is 8.04. The van der Waals surface area contributed by atoms with Gasteiger partial charge in [-0.05, 0) is 73.6 Å². The fourth-order valence-corrected chi connectivity index (χ4v) is 7.94. The minimum atomic E-state index is -0.597. The van der Waals surface area contributed by atoms with E-state index in [-0.39, 0.29) is 17.3 Å². The van der Waals surface area contributed by atoms with Crippen LogP contribution >= 0.6 is 0 Å². The zero-order valence-corrected chi connectivity index (χ0v) is 24.8. The van der Waals surface area contributed by atoms with Gasteiger partial charge in [0.15, 0.2) is 0 Å². The first-order chi connectivity index (χ1) is 19.2. The maximum absolute atomic E-state index is 13.6. The molecule has 0 radical (unpaired) electrons. The van der Waals surface area contributed by atoms with Crippen LogP contribution < -0.4 is 5.32 Å². The average molecular weight is 535 g/mol. The Morgan fingerprint density at radius 2 is 1.80 bits per heavy atom. The zero-order chi connectivity index (χ0) is 28.2. The van der Waals surface area contributed by atoms with Crippen LogP contribution in [0.25, 0.3) is 22.2 Å². The lowest BCUT2D eigenvalue weighted by Gasteiger charge is -2.54. The molecule has 1 heterocycles. The number of carbonyl (C=O) groups excluding carboxylic acids is 1. The van der Waals surface area contributed by atoms with Gasteiger partial charge in [-0.2, -0.15) is 0 Å². The Labute approximate surface area is 238 Å². The summed E-state index contributed by atoms with van der Waals surface area (Å²) >= 11 is 0. The lowest BCUT2D eigenvalue weighted by molar-refractivity contribution is -0.157. The van der Waals surface area contributed by atoms with Crippen LogP contribution in [0.15, 0.2) is 66.7 Å². The Kier molecular flexibility index (Phi) is 6.56. The summed E-state index contributed by atoms with van der Waals surface area (Å²) in [5, 5.41) is 4.91. The molecule has 4 heteroatoms. The van der Waals surface area contributed by atoms with Gasteiger partial charge in [-0.3, -0.25) is 4.79 Å². The molecule has 0 amide bonds. The van der Waals surface area contributed by atoms with Crippen LogP contribution in [0, 0.1) is 12.3 Å². The quantitative estimate of drug-likeness (QED) is 0.252. The van der Waals surface area contributed by atoms with Crippen LogP contribution in [0.1, 0.15) is 81.0 Å². The van der Waals surface area contributed by atoms with Crippen LogP contribution in [-0.2, 0) is 21.5 Å². The number of ether oxygens (including phenoxy) is 1. The van der Waals surface area contributed by atoms with Crippen LogP contribution in [0.3, 0.4) is 0 Å². The molecule has 208 valence electrons. The van der Waals surface area contributed by atoms with E-state index in [0.29, 0.717) is 5.92 Å². The molecule has 1 aromatic heterocycles. The molecule has 1 saturated carbocycles. The van der Waals surface area contributed by atoms with Gasteiger partial charge in [-0.25, -0.2) is 0 Å². The molecule has 0 unspecified atom stereocenters. The van der Waals surface area contributed by atoms with Gasteiger partial charge >= 0.3 is 5.97 Å². The number of nitrogens with zero attached hydrogens (tertiary/aromatic N) is 1. The third-order valence-corrected chi connectivity index (χ3v) is 9.91. The molecule has 40 heavy (non-hydrogen) atoms. The number of carbonyl (C=O) groups is 1. The van der Waals surface area contributed by atoms with Gasteiger partial charge in [0.1, 0.15) is 0 Å². The van der Waals surface area contributed by atoms with Gasteiger partial charge in [0.05, 0.1) is 18.2 Å². The molecule has 1 fully saturated rings. The maximum Gasteiger partial charge on any atom is 0.312 e. The van der Waals surface area contributed by atoms with Crippen molar-refractivity contribution in [2.45, 2.75) is 77.7 Å². The van der Waals surface area contributed by atoms with Gasteiger partial charge in [0.2, 0.25) is 0 Å². The number of esters is 1. The highest BCUT2D eigenvalue weighted by atomic mass is 16.5. The van der Waals surface area contributed by atoms with E-state index in [2.05, 4.69) is 111 Å². The lowest BCUT2D eigenvalue weighted by Crippen LogP contribution is -2.50. The first-order valence-electron chi connectivity index (χ1n) is 14.8. The number of benzene rings is 3. The molecule has 0 bridgehead atoms. The lowest BCUT2D eigenvalue weighted by atomic mass is 9.49. The van der Waals surface area contributed by atoms with Gasteiger partial charge in [0, 0.05) is 46.6 Å². The first kappa shape index (κ1) is 26.7. The summed E-state index contributed by atoms with van der Waals surface area (Å²) in [5.41, 5.74) is 9.55. The summed E-state index contributed by atoms with van der Waals surface area (Å²) in [6.45, 7) is 12.9. The van der Waals surface area contributed by atoms with Crippen LogP contribution in [-0.4, -0.2) is 24.2 Å². The highest BCUT2D eigenvalue weighted by Gasteiger charge is 2.58. The number of hydrogen-bond donors (Lipinski definition) is 1. The minimum absolute atomic E-state index is 0.0322. The number of anilines is 1. The fourth-order valence-electron chi connectivity index (χ4n) is 7.94. The second-order valence-corrected chi connectivity index (χ2v) is 12.8. The highest BCUT2D eigenvalue weighted by molar-refractivity contribution is 5.96. The van der Waals surface area contributed by atoms with E-state index >= 15 is 0 Å². The Morgan fingerprint density at radius 1 is 1.05 bits per heavy atom. The molecule has 6 rings (SSSR count). The zero-order valence-electron chi connectivity index (χ0n) is 24.8. The molecule has 2 aliphatic carbocycles. The first-order valence-corrected chi connectivity index (χ1v) is 14.8. The Balaban J connectivity index is 1.59. The Morgan fingerprint density at radius 3 is 2.52 bits per heavy atom.